The molecule has 0 radical (unpaired) electrons. The first-order valence-electron chi connectivity index (χ1n) is 13.0. The van der Waals surface area contributed by atoms with Crippen molar-refractivity contribution in [1.29, 1.82) is 0 Å². The van der Waals surface area contributed by atoms with Gasteiger partial charge in [-0.05, 0) is 47.2 Å². The minimum absolute atomic E-state index is 0.0711. The standard InChI is InChI=1S/C29H32N6O5/c1-20(2)16-24(32-29(38)39-18-22-12-7-4-8-13-22)28(37)31-23(17-21-10-5-3-6-11-21)26(36)19-40-35-25-14-9-15-30-27(25)33-34-35/h3-15,20,23-24H,16-19H2,1-2H3,(H,31,37)(H,32,38)/t23-,24-/m0/s1. The fourth-order valence-corrected chi connectivity index (χ4v) is 4.04. The number of nitrogens with one attached hydrogen (secondary N) is 2. The molecule has 2 atom stereocenters. The maximum absolute atomic E-state index is 13.4. The molecule has 0 saturated carbocycles. The number of amides is 2. The lowest BCUT2D eigenvalue weighted by Gasteiger charge is -2.24. The van der Waals surface area contributed by atoms with E-state index in [4.69, 9.17) is 9.57 Å². The highest BCUT2D eigenvalue weighted by atomic mass is 16.7. The number of carbonyl (C=O) groups excluding carboxylic acids is 3. The fourth-order valence-electron chi connectivity index (χ4n) is 4.04. The van der Waals surface area contributed by atoms with Gasteiger partial charge in [0.2, 0.25) is 11.6 Å². The molecule has 2 aromatic carbocycles. The van der Waals surface area contributed by atoms with Gasteiger partial charge in [0.25, 0.3) is 0 Å². The average Bonchev–Trinajstić information content (AvgIpc) is 3.38. The number of hydrogen-bond donors (Lipinski definition) is 2. The lowest BCUT2D eigenvalue weighted by Crippen LogP contribution is -2.53. The van der Waals surface area contributed by atoms with Crippen molar-refractivity contribution in [3.63, 3.8) is 0 Å². The summed E-state index contributed by atoms with van der Waals surface area (Å²) in [4.78, 5) is 50.1. The van der Waals surface area contributed by atoms with Gasteiger partial charge in [0.15, 0.2) is 12.4 Å². The van der Waals surface area contributed by atoms with Crippen molar-refractivity contribution >= 4 is 28.9 Å². The molecule has 2 aromatic heterocycles. The summed E-state index contributed by atoms with van der Waals surface area (Å²) in [7, 11) is 0. The molecule has 2 N–H and O–H groups in total. The first-order chi connectivity index (χ1) is 19.4. The molecule has 11 heteroatoms. The monoisotopic (exact) mass is 544 g/mol. The molecule has 11 nitrogen and oxygen atoms in total. The minimum Gasteiger partial charge on any atom is -0.445 e. The van der Waals surface area contributed by atoms with E-state index < -0.39 is 24.1 Å². The number of alkyl carbamates (subject to hydrolysis) is 1. The number of nitrogens with zero attached hydrogens (tertiary/aromatic N) is 4. The molecular formula is C29H32N6O5. The summed E-state index contributed by atoms with van der Waals surface area (Å²) >= 11 is 0. The Morgan fingerprint density at radius 1 is 0.875 bits per heavy atom. The van der Waals surface area contributed by atoms with E-state index in [1.807, 2.05) is 74.5 Å². The van der Waals surface area contributed by atoms with Gasteiger partial charge < -0.3 is 20.2 Å². The van der Waals surface area contributed by atoms with Crippen molar-refractivity contribution in [3.8, 4) is 0 Å². The Bertz CT molecular complexity index is 1410. The van der Waals surface area contributed by atoms with Gasteiger partial charge in [-0.15, -0.1) is 5.10 Å². The van der Waals surface area contributed by atoms with E-state index in [-0.39, 0.29) is 31.3 Å². The molecule has 0 aliphatic rings. The van der Waals surface area contributed by atoms with E-state index in [1.165, 1.54) is 0 Å². The number of pyridine rings is 1. The number of ether oxygens (including phenoxy) is 1. The van der Waals surface area contributed by atoms with Gasteiger partial charge in [0.05, 0.1) is 6.04 Å². The van der Waals surface area contributed by atoms with Gasteiger partial charge in [-0.25, -0.2) is 9.78 Å². The predicted octanol–water partition coefficient (Wildman–Crippen LogP) is 2.89. The fraction of sp³-hybridized carbons (Fsp3) is 0.310. The van der Waals surface area contributed by atoms with Crippen LogP contribution in [0, 0.1) is 5.92 Å². The predicted molar refractivity (Wildman–Crippen MR) is 147 cm³/mol. The Morgan fingerprint density at radius 2 is 1.57 bits per heavy atom. The zero-order chi connectivity index (χ0) is 28.3. The number of aromatic nitrogens is 4. The summed E-state index contributed by atoms with van der Waals surface area (Å²) in [5.74, 6) is -0.777. The first-order valence-corrected chi connectivity index (χ1v) is 13.0. The number of fused-ring (bicyclic) bond motifs is 1. The SMILES string of the molecule is CC(C)C[C@H](NC(=O)OCc1ccccc1)C(=O)N[C@@H](Cc1ccccc1)C(=O)COn1nnc2ncccc21. The van der Waals surface area contributed by atoms with Crippen LogP contribution in [0.3, 0.4) is 0 Å². The molecule has 2 heterocycles. The maximum Gasteiger partial charge on any atom is 0.408 e. The quantitative estimate of drug-likeness (QED) is 0.262. The van der Waals surface area contributed by atoms with Crippen LogP contribution in [0.2, 0.25) is 0 Å². The highest BCUT2D eigenvalue weighted by Crippen LogP contribution is 2.10. The highest BCUT2D eigenvalue weighted by molar-refractivity contribution is 5.93. The van der Waals surface area contributed by atoms with Crippen molar-refractivity contribution in [2.75, 3.05) is 6.61 Å². The van der Waals surface area contributed by atoms with Gasteiger partial charge in [0.1, 0.15) is 18.2 Å². The maximum atomic E-state index is 13.4. The Kier molecular flexibility index (Phi) is 9.76. The van der Waals surface area contributed by atoms with Crippen LogP contribution in [0.15, 0.2) is 79.0 Å². The number of ketones is 1. The molecule has 0 saturated heterocycles. The zero-order valence-corrected chi connectivity index (χ0v) is 22.4. The molecule has 0 bridgehead atoms. The third kappa shape index (κ3) is 8.10. The number of hydrogen-bond acceptors (Lipinski definition) is 8. The molecule has 40 heavy (non-hydrogen) atoms. The van der Waals surface area contributed by atoms with Crippen LogP contribution in [0.25, 0.3) is 11.2 Å². The summed E-state index contributed by atoms with van der Waals surface area (Å²) in [6.45, 7) is 3.58. The van der Waals surface area contributed by atoms with Crippen molar-refractivity contribution < 1.29 is 24.0 Å². The molecule has 4 aromatic rings. The smallest absolute Gasteiger partial charge is 0.408 e. The van der Waals surface area contributed by atoms with Crippen molar-refractivity contribution in [3.05, 3.63) is 90.1 Å². The van der Waals surface area contributed by atoms with E-state index in [0.717, 1.165) is 16.0 Å². The van der Waals surface area contributed by atoms with Crippen LogP contribution in [-0.2, 0) is 27.4 Å². The number of benzene rings is 2. The second kappa shape index (κ2) is 13.8. The van der Waals surface area contributed by atoms with E-state index in [2.05, 4.69) is 25.9 Å². The second-order valence-electron chi connectivity index (χ2n) is 9.69. The van der Waals surface area contributed by atoms with Gasteiger partial charge in [0, 0.05) is 6.20 Å². The molecule has 0 fully saturated rings. The molecule has 0 unspecified atom stereocenters. The van der Waals surface area contributed by atoms with Crippen molar-refractivity contribution in [1.82, 2.24) is 30.8 Å². The van der Waals surface area contributed by atoms with Crippen LogP contribution >= 0.6 is 0 Å². The average molecular weight is 545 g/mol. The lowest BCUT2D eigenvalue weighted by atomic mass is 10.00. The van der Waals surface area contributed by atoms with E-state index in [9.17, 15) is 14.4 Å². The summed E-state index contributed by atoms with van der Waals surface area (Å²) < 4.78 is 5.32. The Labute approximate surface area is 231 Å². The molecule has 0 spiro atoms. The summed E-state index contributed by atoms with van der Waals surface area (Å²) in [6.07, 6.45) is 1.45. The number of Topliss-reactive ketones (excluding diaryl/α,β-unsaturated/α-hetero) is 1. The van der Waals surface area contributed by atoms with Gasteiger partial charge >= 0.3 is 6.09 Å². The van der Waals surface area contributed by atoms with Gasteiger partial charge in [-0.1, -0.05) is 79.4 Å². The Hall–Kier alpha value is -4.80. The van der Waals surface area contributed by atoms with E-state index >= 15 is 0 Å². The Morgan fingerprint density at radius 3 is 2.27 bits per heavy atom. The van der Waals surface area contributed by atoms with Crippen LogP contribution in [0.4, 0.5) is 4.79 Å². The van der Waals surface area contributed by atoms with Crippen LogP contribution < -0.4 is 15.5 Å². The van der Waals surface area contributed by atoms with Crippen LogP contribution in [0.1, 0.15) is 31.4 Å². The topological polar surface area (TPSA) is 137 Å². The largest absolute Gasteiger partial charge is 0.445 e. The van der Waals surface area contributed by atoms with Crippen molar-refractivity contribution in [2.24, 2.45) is 5.92 Å². The highest BCUT2D eigenvalue weighted by Gasteiger charge is 2.28. The molecule has 208 valence electrons. The van der Waals surface area contributed by atoms with E-state index in [0.29, 0.717) is 17.6 Å². The molecule has 4 rings (SSSR count). The molecular weight excluding hydrogens is 512 g/mol. The zero-order valence-electron chi connectivity index (χ0n) is 22.4. The normalized spacial score (nSPS) is 12.5. The second-order valence-corrected chi connectivity index (χ2v) is 9.69. The summed E-state index contributed by atoms with van der Waals surface area (Å²) in [5, 5.41) is 13.3. The summed E-state index contributed by atoms with van der Waals surface area (Å²) in [6, 6.07) is 20.2. The van der Waals surface area contributed by atoms with Gasteiger partial charge in [-0.2, -0.15) is 0 Å². The van der Waals surface area contributed by atoms with Crippen LogP contribution in [-0.4, -0.2) is 56.6 Å². The molecule has 0 aliphatic carbocycles. The Balaban J connectivity index is 1.43. The van der Waals surface area contributed by atoms with Gasteiger partial charge in [-0.3, -0.25) is 9.59 Å². The van der Waals surface area contributed by atoms with E-state index in [1.54, 1.807) is 18.3 Å². The third-order valence-electron chi connectivity index (χ3n) is 6.04. The molecule has 0 aliphatic heterocycles. The third-order valence-corrected chi connectivity index (χ3v) is 6.04. The first kappa shape index (κ1) is 28.2. The minimum atomic E-state index is -0.917. The molecule has 2 amide bonds. The van der Waals surface area contributed by atoms with Crippen molar-refractivity contribution in [2.45, 2.75) is 45.4 Å². The number of carbonyl (C=O) groups is 3. The summed E-state index contributed by atoms with van der Waals surface area (Å²) in [5.41, 5.74) is 2.57. The number of rotatable bonds is 13. The van der Waals surface area contributed by atoms with Crippen LogP contribution in [0.5, 0.6) is 0 Å². The lowest BCUT2D eigenvalue weighted by molar-refractivity contribution is -0.131.